The molecule has 1 aromatic heterocycles. The molecule has 0 unspecified atom stereocenters. The minimum Gasteiger partial charge on any atom is -0.396 e. The SMILES string of the molecule is CCn1c(SCCCO)nc2cc(S(=O)(=O)N3CCCCC3)ccc21. The third-order valence-electron chi connectivity index (χ3n) is 4.49. The van der Waals surface area contributed by atoms with E-state index >= 15 is 0 Å². The summed E-state index contributed by atoms with van der Waals surface area (Å²) in [5.74, 6) is 0.790. The summed E-state index contributed by atoms with van der Waals surface area (Å²) in [7, 11) is -3.44. The Morgan fingerprint density at radius 2 is 2.00 bits per heavy atom. The fourth-order valence-electron chi connectivity index (χ4n) is 3.15. The summed E-state index contributed by atoms with van der Waals surface area (Å²) < 4.78 is 29.4. The molecule has 138 valence electrons. The zero-order chi connectivity index (χ0) is 17.9. The maximum Gasteiger partial charge on any atom is 0.243 e. The summed E-state index contributed by atoms with van der Waals surface area (Å²) in [6.07, 6.45) is 3.67. The number of thioether (sulfide) groups is 1. The lowest BCUT2D eigenvalue weighted by atomic mass is 10.2. The smallest absolute Gasteiger partial charge is 0.243 e. The summed E-state index contributed by atoms with van der Waals surface area (Å²) in [6.45, 7) is 4.20. The normalized spacial score (nSPS) is 16.6. The zero-order valence-corrected chi connectivity index (χ0v) is 16.2. The van der Waals surface area contributed by atoms with E-state index < -0.39 is 10.0 Å². The number of rotatable bonds is 7. The van der Waals surface area contributed by atoms with Gasteiger partial charge in [-0.2, -0.15) is 4.31 Å². The van der Waals surface area contributed by atoms with Crippen molar-refractivity contribution in [3.63, 3.8) is 0 Å². The maximum absolute atomic E-state index is 12.9. The molecule has 1 aliphatic heterocycles. The summed E-state index contributed by atoms with van der Waals surface area (Å²) >= 11 is 1.60. The van der Waals surface area contributed by atoms with Crippen molar-refractivity contribution in [1.29, 1.82) is 0 Å². The summed E-state index contributed by atoms with van der Waals surface area (Å²) in [5.41, 5.74) is 1.66. The molecule has 1 aliphatic rings. The molecule has 6 nitrogen and oxygen atoms in total. The third kappa shape index (κ3) is 3.86. The van der Waals surface area contributed by atoms with Gasteiger partial charge < -0.3 is 9.67 Å². The van der Waals surface area contributed by atoms with Crippen LogP contribution in [-0.2, 0) is 16.6 Å². The minimum absolute atomic E-state index is 0.164. The minimum atomic E-state index is -3.44. The molecule has 0 saturated carbocycles. The maximum atomic E-state index is 12.9. The molecule has 3 rings (SSSR count). The van der Waals surface area contributed by atoms with Crippen LogP contribution in [-0.4, -0.2) is 52.8 Å². The van der Waals surface area contributed by atoms with Crippen LogP contribution in [0.2, 0.25) is 0 Å². The van der Waals surface area contributed by atoms with Gasteiger partial charge in [0.1, 0.15) is 0 Å². The number of fused-ring (bicyclic) bond motifs is 1. The first-order chi connectivity index (χ1) is 12.1. The summed E-state index contributed by atoms with van der Waals surface area (Å²) in [4.78, 5) is 4.96. The number of hydrogen-bond acceptors (Lipinski definition) is 5. The van der Waals surface area contributed by atoms with Crippen LogP contribution in [0.4, 0.5) is 0 Å². The molecule has 25 heavy (non-hydrogen) atoms. The Hall–Kier alpha value is -1.09. The molecule has 1 saturated heterocycles. The predicted octanol–water partition coefficient (Wildman–Crippen LogP) is 2.71. The highest BCUT2D eigenvalue weighted by atomic mass is 32.2. The molecule has 8 heteroatoms. The monoisotopic (exact) mass is 383 g/mol. The molecule has 2 heterocycles. The number of hydrogen-bond donors (Lipinski definition) is 1. The Morgan fingerprint density at radius 3 is 2.68 bits per heavy atom. The van der Waals surface area contributed by atoms with E-state index in [1.807, 2.05) is 6.07 Å². The average molecular weight is 384 g/mol. The van der Waals surface area contributed by atoms with Gasteiger partial charge in [0.15, 0.2) is 5.16 Å². The first kappa shape index (κ1) is 18.7. The van der Waals surface area contributed by atoms with Gasteiger partial charge in [0.05, 0.1) is 15.9 Å². The van der Waals surface area contributed by atoms with Gasteiger partial charge in [-0.25, -0.2) is 13.4 Å². The van der Waals surface area contributed by atoms with E-state index in [0.29, 0.717) is 29.9 Å². The van der Waals surface area contributed by atoms with Crippen molar-refractivity contribution in [2.24, 2.45) is 0 Å². The molecule has 1 N–H and O–H groups in total. The van der Waals surface area contributed by atoms with Gasteiger partial charge in [-0.15, -0.1) is 0 Å². The lowest BCUT2D eigenvalue weighted by Crippen LogP contribution is -2.35. The van der Waals surface area contributed by atoms with E-state index in [1.165, 1.54) is 0 Å². The second-order valence-electron chi connectivity index (χ2n) is 6.18. The van der Waals surface area contributed by atoms with Gasteiger partial charge in [-0.1, -0.05) is 18.2 Å². The number of aromatic nitrogens is 2. The van der Waals surface area contributed by atoms with Crippen molar-refractivity contribution in [1.82, 2.24) is 13.9 Å². The van der Waals surface area contributed by atoms with Crippen LogP contribution in [0.3, 0.4) is 0 Å². The van der Waals surface area contributed by atoms with Crippen LogP contribution in [0.5, 0.6) is 0 Å². The van der Waals surface area contributed by atoms with Crippen molar-refractivity contribution in [3.8, 4) is 0 Å². The van der Waals surface area contributed by atoms with Crippen molar-refractivity contribution in [3.05, 3.63) is 18.2 Å². The Bertz CT molecular complexity index is 827. The Kier molecular flexibility index (Phi) is 6.04. The second kappa shape index (κ2) is 8.07. The van der Waals surface area contributed by atoms with E-state index in [2.05, 4.69) is 16.5 Å². The average Bonchev–Trinajstić information content (AvgIpc) is 2.99. The third-order valence-corrected chi connectivity index (χ3v) is 7.44. The number of nitrogens with zero attached hydrogens (tertiary/aromatic N) is 3. The number of aliphatic hydroxyl groups is 1. The van der Waals surface area contributed by atoms with Crippen molar-refractivity contribution >= 4 is 32.8 Å². The van der Waals surface area contributed by atoms with Gasteiger partial charge in [0.25, 0.3) is 0 Å². The molecule has 0 amide bonds. The number of sulfonamides is 1. The van der Waals surface area contributed by atoms with Gasteiger partial charge in [-0.05, 0) is 44.4 Å². The fraction of sp³-hybridized carbons (Fsp3) is 0.588. The van der Waals surface area contributed by atoms with E-state index in [9.17, 15) is 8.42 Å². The predicted molar refractivity (Wildman–Crippen MR) is 100 cm³/mol. The molecular formula is C17H25N3O3S2. The van der Waals surface area contributed by atoms with Crippen LogP contribution in [0.1, 0.15) is 32.6 Å². The largest absolute Gasteiger partial charge is 0.396 e. The highest BCUT2D eigenvalue weighted by Gasteiger charge is 2.26. The zero-order valence-electron chi connectivity index (χ0n) is 14.5. The Morgan fingerprint density at radius 1 is 1.24 bits per heavy atom. The molecule has 0 aliphatic carbocycles. The van der Waals surface area contributed by atoms with Crippen molar-refractivity contribution in [2.75, 3.05) is 25.4 Å². The van der Waals surface area contributed by atoms with Gasteiger partial charge in [-0.3, -0.25) is 0 Å². The molecule has 0 bridgehead atoms. The van der Waals surface area contributed by atoms with Gasteiger partial charge in [0, 0.05) is 32.0 Å². The molecule has 0 spiro atoms. The van der Waals surface area contributed by atoms with Crippen LogP contribution < -0.4 is 0 Å². The number of piperidine rings is 1. The molecule has 1 fully saturated rings. The van der Waals surface area contributed by atoms with Crippen LogP contribution in [0.25, 0.3) is 11.0 Å². The highest BCUT2D eigenvalue weighted by molar-refractivity contribution is 7.99. The number of aryl methyl sites for hydroxylation is 1. The van der Waals surface area contributed by atoms with Crippen LogP contribution in [0.15, 0.2) is 28.3 Å². The highest BCUT2D eigenvalue weighted by Crippen LogP contribution is 2.28. The van der Waals surface area contributed by atoms with Crippen LogP contribution in [0, 0.1) is 0 Å². The van der Waals surface area contributed by atoms with Crippen molar-refractivity contribution < 1.29 is 13.5 Å². The summed E-state index contributed by atoms with van der Waals surface area (Å²) in [5, 5.41) is 9.82. The molecule has 2 aromatic rings. The van der Waals surface area contributed by atoms with E-state index in [4.69, 9.17) is 5.11 Å². The van der Waals surface area contributed by atoms with Gasteiger partial charge >= 0.3 is 0 Å². The molecule has 0 radical (unpaired) electrons. The van der Waals surface area contributed by atoms with Crippen molar-refractivity contribution in [2.45, 2.75) is 49.2 Å². The first-order valence-electron chi connectivity index (χ1n) is 8.82. The fourth-order valence-corrected chi connectivity index (χ4v) is 5.69. The molecule has 0 atom stereocenters. The Labute approximate surface area is 153 Å². The van der Waals surface area contributed by atoms with Crippen LogP contribution >= 0.6 is 11.8 Å². The number of aliphatic hydroxyl groups excluding tert-OH is 1. The second-order valence-corrected chi connectivity index (χ2v) is 9.18. The van der Waals surface area contributed by atoms with E-state index in [0.717, 1.165) is 42.2 Å². The Balaban J connectivity index is 1.93. The van der Waals surface area contributed by atoms with E-state index in [-0.39, 0.29) is 6.61 Å². The first-order valence-corrected chi connectivity index (χ1v) is 11.2. The quantitative estimate of drug-likeness (QED) is 0.588. The lowest BCUT2D eigenvalue weighted by Gasteiger charge is -2.25. The topological polar surface area (TPSA) is 75.4 Å². The van der Waals surface area contributed by atoms with Gasteiger partial charge in [0.2, 0.25) is 10.0 Å². The lowest BCUT2D eigenvalue weighted by molar-refractivity contribution is 0.296. The number of benzene rings is 1. The summed E-state index contributed by atoms with van der Waals surface area (Å²) in [6, 6.07) is 5.25. The number of imidazole rings is 1. The van der Waals surface area contributed by atoms with E-state index in [1.54, 1.807) is 28.2 Å². The standard InChI is InChI=1S/C17H25N3O3S2/c1-2-20-16-8-7-14(25(22,23)19-9-4-3-5-10-19)13-15(16)18-17(20)24-12-6-11-21/h7-8,13,21H,2-6,9-12H2,1H3. The molecule has 1 aromatic carbocycles. The molecular weight excluding hydrogens is 358 g/mol.